The summed E-state index contributed by atoms with van der Waals surface area (Å²) < 4.78 is 0. The molecule has 1 aromatic rings. The number of allylic oxidation sites excluding steroid dienone is 4. The second-order valence-corrected chi connectivity index (χ2v) is 8.25. The fourth-order valence-corrected chi connectivity index (χ4v) is 3.65. The minimum atomic E-state index is 0.152. The van der Waals surface area contributed by atoms with Gasteiger partial charge in [-0.3, -0.25) is 0 Å². The summed E-state index contributed by atoms with van der Waals surface area (Å²) in [6, 6.07) is 4.87. The molecule has 0 unspecified atom stereocenters. The van der Waals surface area contributed by atoms with Crippen LogP contribution in [-0.2, 0) is 6.42 Å². The van der Waals surface area contributed by atoms with E-state index in [0.717, 1.165) is 24.8 Å². The monoisotopic (exact) mass is 400 g/mol. The van der Waals surface area contributed by atoms with Gasteiger partial charge in [-0.25, -0.2) is 0 Å². The van der Waals surface area contributed by atoms with Crippen LogP contribution in [0.3, 0.4) is 0 Å². The lowest BCUT2D eigenvalue weighted by Crippen LogP contribution is -1.86. The topological polar surface area (TPSA) is 40.5 Å². The van der Waals surface area contributed by atoms with Gasteiger partial charge in [-0.1, -0.05) is 89.0 Å². The molecule has 0 saturated heterocycles. The Morgan fingerprint density at radius 3 is 1.62 bits per heavy atom. The zero-order valence-corrected chi connectivity index (χ0v) is 18.7. The third-order valence-corrected chi connectivity index (χ3v) is 5.38. The molecule has 2 nitrogen and oxygen atoms in total. The van der Waals surface area contributed by atoms with Crippen LogP contribution in [-0.4, -0.2) is 10.2 Å². The Morgan fingerprint density at radius 2 is 1.07 bits per heavy atom. The lowest BCUT2D eigenvalue weighted by molar-refractivity contribution is 0.449. The first kappa shape index (κ1) is 25.3. The number of rotatable bonds is 18. The fourth-order valence-electron chi connectivity index (χ4n) is 3.65. The van der Waals surface area contributed by atoms with Gasteiger partial charge in [0.25, 0.3) is 0 Å². The Morgan fingerprint density at radius 1 is 0.586 bits per heavy atom. The van der Waals surface area contributed by atoms with E-state index in [1.165, 1.54) is 89.5 Å². The van der Waals surface area contributed by atoms with Gasteiger partial charge in [-0.05, 0) is 62.6 Å². The molecule has 2 N–H and O–H groups in total. The van der Waals surface area contributed by atoms with E-state index in [-0.39, 0.29) is 11.5 Å². The first-order valence-corrected chi connectivity index (χ1v) is 12.0. The van der Waals surface area contributed by atoms with Gasteiger partial charge in [0.15, 0.2) is 0 Å². The summed E-state index contributed by atoms with van der Waals surface area (Å²) in [6.45, 7) is 2.27. The molecule has 0 radical (unpaired) electrons. The lowest BCUT2D eigenvalue weighted by Gasteiger charge is -2.04. The van der Waals surface area contributed by atoms with E-state index in [0.29, 0.717) is 0 Å². The van der Waals surface area contributed by atoms with Crippen molar-refractivity contribution in [3.05, 3.63) is 48.1 Å². The Balaban J connectivity index is 1.85. The van der Waals surface area contributed by atoms with E-state index in [1.807, 2.05) is 0 Å². The predicted octanol–water partition coefficient (Wildman–Crippen LogP) is 8.62. The van der Waals surface area contributed by atoms with Crippen LogP contribution < -0.4 is 0 Å². The summed E-state index contributed by atoms with van der Waals surface area (Å²) in [5.74, 6) is 0.305. The van der Waals surface area contributed by atoms with Crippen LogP contribution in [0.5, 0.6) is 11.5 Å². The molecule has 0 aliphatic heterocycles. The van der Waals surface area contributed by atoms with Gasteiger partial charge in [0.05, 0.1) is 0 Å². The number of phenols is 2. The van der Waals surface area contributed by atoms with E-state index in [9.17, 15) is 10.2 Å². The van der Waals surface area contributed by atoms with Crippen molar-refractivity contribution in [1.82, 2.24) is 0 Å². The summed E-state index contributed by atoms with van der Waals surface area (Å²) in [5, 5.41) is 19.0. The van der Waals surface area contributed by atoms with Crippen LogP contribution in [0.1, 0.15) is 109 Å². The molecule has 164 valence electrons. The quantitative estimate of drug-likeness (QED) is 0.191. The van der Waals surface area contributed by atoms with E-state index in [4.69, 9.17) is 0 Å². The molecular weight excluding hydrogens is 356 g/mol. The van der Waals surface area contributed by atoms with Crippen molar-refractivity contribution in [2.75, 3.05) is 0 Å². The molecule has 0 bridgehead atoms. The predicted molar refractivity (Wildman–Crippen MR) is 127 cm³/mol. The summed E-state index contributed by atoms with van der Waals surface area (Å²) in [7, 11) is 0. The normalized spacial score (nSPS) is 11.8. The van der Waals surface area contributed by atoms with Crippen molar-refractivity contribution in [1.29, 1.82) is 0 Å². The fraction of sp³-hybridized carbons (Fsp3) is 0.630. The molecule has 0 aliphatic rings. The summed E-state index contributed by atoms with van der Waals surface area (Å²) in [6.07, 6.45) is 29.6. The smallest absolute Gasteiger partial charge is 0.119 e. The van der Waals surface area contributed by atoms with Crippen molar-refractivity contribution >= 4 is 0 Å². The van der Waals surface area contributed by atoms with Gasteiger partial charge in [0.1, 0.15) is 11.5 Å². The molecule has 2 heteroatoms. The van der Waals surface area contributed by atoms with Crippen molar-refractivity contribution in [2.24, 2.45) is 0 Å². The number of hydrogen-bond acceptors (Lipinski definition) is 2. The summed E-state index contributed by atoms with van der Waals surface area (Å²) >= 11 is 0. The highest BCUT2D eigenvalue weighted by Crippen LogP contribution is 2.22. The molecule has 29 heavy (non-hydrogen) atoms. The van der Waals surface area contributed by atoms with Crippen LogP contribution in [0.4, 0.5) is 0 Å². The third kappa shape index (κ3) is 15.9. The largest absolute Gasteiger partial charge is 0.508 e. The molecule has 0 aromatic heterocycles. The molecule has 1 aromatic carbocycles. The Bertz CT molecular complexity index is 539. The average molecular weight is 401 g/mol. The molecule has 0 heterocycles. The number of benzene rings is 1. The maximum Gasteiger partial charge on any atom is 0.119 e. The first-order valence-electron chi connectivity index (χ1n) is 12.0. The third-order valence-electron chi connectivity index (χ3n) is 5.38. The molecule has 0 atom stereocenters. The Labute approximate surface area is 179 Å². The molecule has 1 rings (SSSR count). The minimum Gasteiger partial charge on any atom is -0.508 e. The van der Waals surface area contributed by atoms with Crippen LogP contribution in [0.15, 0.2) is 42.5 Å². The average Bonchev–Trinajstić information content (AvgIpc) is 2.69. The van der Waals surface area contributed by atoms with E-state index < -0.39 is 0 Å². The van der Waals surface area contributed by atoms with Crippen molar-refractivity contribution in [3.63, 3.8) is 0 Å². The molecular formula is C27H44O2. The van der Waals surface area contributed by atoms with Crippen LogP contribution in [0.25, 0.3) is 0 Å². The molecule has 0 amide bonds. The van der Waals surface area contributed by atoms with Gasteiger partial charge in [0.2, 0.25) is 0 Å². The second-order valence-electron chi connectivity index (χ2n) is 8.25. The van der Waals surface area contributed by atoms with Crippen LogP contribution in [0.2, 0.25) is 0 Å². The molecule has 0 fully saturated rings. The van der Waals surface area contributed by atoms with E-state index in [1.54, 1.807) is 12.1 Å². The molecule has 0 saturated carbocycles. The van der Waals surface area contributed by atoms with Gasteiger partial charge in [-0.15, -0.1) is 0 Å². The summed E-state index contributed by atoms with van der Waals surface area (Å²) in [5.41, 5.74) is 1.02. The van der Waals surface area contributed by atoms with Crippen molar-refractivity contribution in [3.8, 4) is 11.5 Å². The maximum atomic E-state index is 9.48. The number of hydrogen-bond donors (Lipinski definition) is 2. The Kier molecular flexibility index (Phi) is 16.0. The second kappa shape index (κ2) is 18.3. The number of aromatic hydroxyl groups is 2. The van der Waals surface area contributed by atoms with Gasteiger partial charge < -0.3 is 10.2 Å². The molecule has 0 spiro atoms. The van der Waals surface area contributed by atoms with E-state index >= 15 is 0 Å². The van der Waals surface area contributed by atoms with Crippen molar-refractivity contribution < 1.29 is 10.2 Å². The van der Waals surface area contributed by atoms with Crippen LogP contribution >= 0.6 is 0 Å². The highest BCUT2D eigenvalue weighted by Gasteiger charge is 1.99. The van der Waals surface area contributed by atoms with Crippen molar-refractivity contribution in [2.45, 2.75) is 110 Å². The number of aryl methyl sites for hydroxylation is 1. The standard InChI is InChI=1S/C27H44O2/c1-2-3-4-5-6-7-8-9-10-11-12-13-14-15-16-17-18-19-20-21-25-22-26(28)24-27(29)23-25/h10-11,13-14,22-24,28-29H,2-9,12,15-21H2,1H3/b11-10-,14-13-. The Hall–Kier alpha value is -1.70. The number of phenolic OH excluding ortho intramolecular Hbond substituents is 2. The van der Waals surface area contributed by atoms with Gasteiger partial charge >= 0.3 is 0 Å². The highest BCUT2D eigenvalue weighted by atomic mass is 16.3. The van der Waals surface area contributed by atoms with Gasteiger partial charge in [0, 0.05) is 6.07 Å². The maximum absolute atomic E-state index is 9.48. The number of unbranched alkanes of at least 4 members (excludes halogenated alkanes) is 12. The summed E-state index contributed by atoms with van der Waals surface area (Å²) in [4.78, 5) is 0. The SMILES string of the molecule is CCCCCCCCC/C=C\C/C=C\CCCCCCCc1cc(O)cc(O)c1. The zero-order chi connectivity index (χ0) is 21.0. The first-order chi connectivity index (χ1) is 14.2. The van der Waals surface area contributed by atoms with Gasteiger partial charge in [-0.2, -0.15) is 0 Å². The highest BCUT2D eigenvalue weighted by molar-refractivity contribution is 5.36. The minimum absolute atomic E-state index is 0.152. The van der Waals surface area contributed by atoms with E-state index in [2.05, 4.69) is 31.2 Å². The molecule has 0 aliphatic carbocycles. The lowest BCUT2D eigenvalue weighted by atomic mass is 10.0. The van der Waals surface area contributed by atoms with Crippen LogP contribution in [0, 0.1) is 0 Å². The zero-order valence-electron chi connectivity index (χ0n) is 18.7.